The normalized spacial score (nSPS) is 10.4. The van der Waals surface area contributed by atoms with Gasteiger partial charge in [-0.15, -0.1) is 0 Å². The second kappa shape index (κ2) is 6.23. The zero-order valence-corrected chi connectivity index (χ0v) is 11.0. The van der Waals surface area contributed by atoms with Crippen LogP contribution in [-0.4, -0.2) is 34.9 Å². The van der Waals surface area contributed by atoms with E-state index < -0.39 is 0 Å². The molecule has 1 amide bonds. The lowest BCUT2D eigenvalue weighted by molar-refractivity contribution is 0.0711. The molecule has 0 aliphatic heterocycles. The molecule has 0 spiro atoms. The minimum Gasteiger partial charge on any atom is -0.385 e. The van der Waals surface area contributed by atoms with Gasteiger partial charge in [0.05, 0.1) is 0 Å². The van der Waals surface area contributed by atoms with Crippen LogP contribution in [0.15, 0.2) is 18.3 Å². The molecular weight excluding hydrogens is 214 g/mol. The number of aromatic nitrogens is 1. The summed E-state index contributed by atoms with van der Waals surface area (Å²) in [6, 6.07) is 3.86. The summed E-state index contributed by atoms with van der Waals surface area (Å²) < 4.78 is 0. The van der Waals surface area contributed by atoms with E-state index in [4.69, 9.17) is 0 Å². The van der Waals surface area contributed by atoms with Gasteiger partial charge in [-0.05, 0) is 39.8 Å². The molecule has 0 bridgehead atoms. The van der Waals surface area contributed by atoms with Crippen LogP contribution >= 0.6 is 0 Å². The number of carbonyl (C=O) groups is 1. The molecule has 0 radical (unpaired) electrons. The average Bonchev–Trinajstić information content (AvgIpc) is 2.30. The fourth-order valence-corrected chi connectivity index (χ4v) is 1.75. The van der Waals surface area contributed by atoms with Crippen molar-refractivity contribution in [3.05, 3.63) is 24.0 Å². The van der Waals surface area contributed by atoms with Crippen LogP contribution in [0.1, 0.15) is 38.2 Å². The molecule has 0 saturated heterocycles. The third kappa shape index (κ3) is 3.44. The van der Waals surface area contributed by atoms with Gasteiger partial charge in [0.1, 0.15) is 5.69 Å². The molecule has 0 atom stereocenters. The van der Waals surface area contributed by atoms with Crippen molar-refractivity contribution in [2.24, 2.45) is 0 Å². The zero-order valence-electron chi connectivity index (χ0n) is 11.0. The van der Waals surface area contributed by atoms with Crippen LogP contribution < -0.4 is 5.32 Å². The van der Waals surface area contributed by atoms with Crippen molar-refractivity contribution in [2.45, 2.75) is 33.7 Å². The molecule has 4 nitrogen and oxygen atoms in total. The maximum absolute atomic E-state index is 12.2. The Balaban J connectivity index is 2.91. The monoisotopic (exact) mass is 235 g/mol. The van der Waals surface area contributed by atoms with Gasteiger partial charge in [-0.3, -0.25) is 9.78 Å². The number of anilines is 1. The lowest BCUT2D eigenvalue weighted by Gasteiger charge is -2.24. The Bertz CT molecular complexity index is 377. The molecule has 1 N–H and O–H groups in total. The first-order chi connectivity index (χ1) is 8.10. The lowest BCUT2D eigenvalue weighted by atomic mass is 10.2. The van der Waals surface area contributed by atoms with Crippen molar-refractivity contribution in [1.82, 2.24) is 9.88 Å². The van der Waals surface area contributed by atoms with Gasteiger partial charge in [-0.25, -0.2) is 0 Å². The molecule has 0 aromatic carbocycles. The van der Waals surface area contributed by atoms with Gasteiger partial charge in [-0.2, -0.15) is 0 Å². The number of rotatable bonds is 5. The Morgan fingerprint density at radius 3 is 2.71 bits per heavy atom. The molecule has 0 aliphatic rings. The minimum atomic E-state index is -0.0118. The second-order valence-electron chi connectivity index (χ2n) is 4.15. The highest BCUT2D eigenvalue weighted by molar-refractivity contribution is 5.93. The van der Waals surface area contributed by atoms with E-state index in [9.17, 15) is 4.79 Å². The van der Waals surface area contributed by atoms with E-state index in [1.807, 2.05) is 33.8 Å². The lowest BCUT2D eigenvalue weighted by Crippen LogP contribution is -2.37. The first kappa shape index (κ1) is 13.5. The van der Waals surface area contributed by atoms with Crippen molar-refractivity contribution in [2.75, 3.05) is 18.4 Å². The molecule has 0 fully saturated rings. The minimum absolute atomic E-state index is 0.0118. The number of carbonyl (C=O) groups excluding carboxylic acids is 1. The molecule has 1 aromatic rings. The fourth-order valence-electron chi connectivity index (χ4n) is 1.75. The van der Waals surface area contributed by atoms with E-state index in [2.05, 4.69) is 10.3 Å². The van der Waals surface area contributed by atoms with Crippen molar-refractivity contribution in [3.63, 3.8) is 0 Å². The first-order valence-corrected chi connectivity index (χ1v) is 6.11. The third-order valence-electron chi connectivity index (χ3n) is 2.58. The van der Waals surface area contributed by atoms with Gasteiger partial charge < -0.3 is 10.2 Å². The smallest absolute Gasteiger partial charge is 0.272 e. The van der Waals surface area contributed by atoms with Gasteiger partial charge in [0.15, 0.2) is 0 Å². The number of nitrogens with zero attached hydrogens (tertiary/aromatic N) is 2. The largest absolute Gasteiger partial charge is 0.385 e. The molecule has 1 aromatic heterocycles. The van der Waals surface area contributed by atoms with Crippen LogP contribution in [0.4, 0.5) is 5.69 Å². The van der Waals surface area contributed by atoms with E-state index in [0.29, 0.717) is 12.2 Å². The van der Waals surface area contributed by atoms with Gasteiger partial charge in [0.25, 0.3) is 5.91 Å². The van der Waals surface area contributed by atoms with Gasteiger partial charge in [0.2, 0.25) is 0 Å². The second-order valence-corrected chi connectivity index (χ2v) is 4.15. The van der Waals surface area contributed by atoms with Crippen molar-refractivity contribution in [3.8, 4) is 0 Å². The first-order valence-electron chi connectivity index (χ1n) is 6.11. The zero-order chi connectivity index (χ0) is 12.8. The van der Waals surface area contributed by atoms with Crippen LogP contribution in [0.3, 0.4) is 0 Å². The highest BCUT2D eigenvalue weighted by atomic mass is 16.2. The van der Waals surface area contributed by atoms with Crippen molar-refractivity contribution < 1.29 is 4.79 Å². The molecule has 0 aliphatic carbocycles. The summed E-state index contributed by atoms with van der Waals surface area (Å²) in [4.78, 5) is 18.2. The predicted octanol–water partition coefficient (Wildman–Crippen LogP) is 2.38. The van der Waals surface area contributed by atoms with Gasteiger partial charge in [-0.1, -0.05) is 0 Å². The summed E-state index contributed by atoms with van der Waals surface area (Å²) in [6.45, 7) is 9.55. The van der Waals surface area contributed by atoms with E-state index in [1.54, 1.807) is 17.2 Å². The molecular formula is C13H21N3O. The fraction of sp³-hybridized carbons (Fsp3) is 0.538. The summed E-state index contributed by atoms with van der Waals surface area (Å²) in [7, 11) is 0. The maximum atomic E-state index is 12.2. The number of nitrogens with one attached hydrogen (secondary N) is 1. The summed E-state index contributed by atoms with van der Waals surface area (Å²) in [5.74, 6) is -0.0118. The SMILES string of the molecule is CCNc1ccnc(C(=O)N(CC)C(C)C)c1. The maximum Gasteiger partial charge on any atom is 0.272 e. The highest BCUT2D eigenvalue weighted by Gasteiger charge is 2.18. The molecule has 1 heterocycles. The van der Waals surface area contributed by atoms with Crippen molar-refractivity contribution >= 4 is 11.6 Å². The van der Waals surface area contributed by atoms with Gasteiger partial charge >= 0.3 is 0 Å². The summed E-state index contributed by atoms with van der Waals surface area (Å²) in [5.41, 5.74) is 1.43. The third-order valence-corrected chi connectivity index (χ3v) is 2.58. The van der Waals surface area contributed by atoms with Crippen LogP contribution in [0.25, 0.3) is 0 Å². The molecule has 17 heavy (non-hydrogen) atoms. The Kier molecular flexibility index (Phi) is 4.94. The molecule has 94 valence electrons. The van der Waals surface area contributed by atoms with Gasteiger partial charge in [0, 0.05) is 31.0 Å². The molecule has 0 saturated carbocycles. The Labute approximate surface area is 103 Å². The van der Waals surface area contributed by atoms with E-state index in [1.165, 1.54) is 0 Å². The van der Waals surface area contributed by atoms with Crippen LogP contribution in [0.2, 0.25) is 0 Å². The highest BCUT2D eigenvalue weighted by Crippen LogP contribution is 2.11. The Hall–Kier alpha value is -1.58. The average molecular weight is 235 g/mol. The van der Waals surface area contributed by atoms with E-state index >= 15 is 0 Å². The number of hydrogen-bond donors (Lipinski definition) is 1. The molecule has 1 rings (SSSR count). The number of amides is 1. The predicted molar refractivity (Wildman–Crippen MR) is 70.2 cm³/mol. The number of pyridine rings is 1. The summed E-state index contributed by atoms with van der Waals surface area (Å²) >= 11 is 0. The van der Waals surface area contributed by atoms with E-state index in [-0.39, 0.29) is 11.9 Å². The Morgan fingerprint density at radius 2 is 2.18 bits per heavy atom. The molecule has 4 heteroatoms. The number of hydrogen-bond acceptors (Lipinski definition) is 3. The van der Waals surface area contributed by atoms with Crippen LogP contribution in [0.5, 0.6) is 0 Å². The summed E-state index contributed by atoms with van der Waals surface area (Å²) in [6.07, 6.45) is 1.67. The van der Waals surface area contributed by atoms with Crippen molar-refractivity contribution in [1.29, 1.82) is 0 Å². The van der Waals surface area contributed by atoms with Crippen LogP contribution in [-0.2, 0) is 0 Å². The van der Waals surface area contributed by atoms with E-state index in [0.717, 1.165) is 12.2 Å². The Morgan fingerprint density at radius 1 is 1.47 bits per heavy atom. The topological polar surface area (TPSA) is 45.2 Å². The standard InChI is InChI=1S/C13H21N3O/c1-5-14-11-7-8-15-12(9-11)13(17)16(6-2)10(3)4/h7-10H,5-6H2,1-4H3,(H,14,15). The quantitative estimate of drug-likeness (QED) is 0.852. The summed E-state index contributed by atoms with van der Waals surface area (Å²) in [5, 5.41) is 3.18. The van der Waals surface area contributed by atoms with Crippen LogP contribution in [0, 0.1) is 0 Å². The molecule has 0 unspecified atom stereocenters.